The summed E-state index contributed by atoms with van der Waals surface area (Å²) in [7, 11) is 0. The van der Waals surface area contributed by atoms with Gasteiger partial charge in [0.15, 0.2) is 0 Å². The topological polar surface area (TPSA) is 40.5 Å². The van der Waals surface area contributed by atoms with Crippen LogP contribution < -0.4 is 0 Å². The highest BCUT2D eigenvalue weighted by Crippen LogP contribution is 2.45. The molecule has 0 aliphatic heterocycles. The average molecular weight is 262 g/mol. The summed E-state index contributed by atoms with van der Waals surface area (Å²) in [6.45, 7) is -0.0916. The van der Waals surface area contributed by atoms with E-state index in [9.17, 15) is 10.2 Å². The molecule has 2 heteroatoms. The largest absolute Gasteiger partial charge is 0.392 e. The van der Waals surface area contributed by atoms with E-state index < -0.39 is 0 Å². The molecule has 1 aliphatic carbocycles. The Kier molecular flexibility index (Phi) is 2.43. The lowest BCUT2D eigenvalue weighted by atomic mass is 9.95. The van der Waals surface area contributed by atoms with Gasteiger partial charge in [-0.25, -0.2) is 0 Å². The summed E-state index contributed by atoms with van der Waals surface area (Å²) in [4.78, 5) is 0. The molecule has 0 fully saturated rings. The molecule has 0 saturated carbocycles. The molecule has 0 amide bonds. The quantitative estimate of drug-likeness (QED) is 0.696. The average Bonchev–Trinajstić information content (AvgIpc) is 2.83. The van der Waals surface area contributed by atoms with E-state index in [1.807, 2.05) is 24.3 Å². The standard InChI is InChI=1S/C18H14O2/c19-9-15-14-7-3-5-12-8-11-4-1-2-6-13(11)18(17(12)14)16(15)10-20/h1-8,19-20H,9-10H2. The van der Waals surface area contributed by atoms with E-state index in [2.05, 4.69) is 24.3 Å². The van der Waals surface area contributed by atoms with Crippen LogP contribution in [0.15, 0.2) is 48.5 Å². The second-order valence-corrected chi connectivity index (χ2v) is 5.15. The summed E-state index contributed by atoms with van der Waals surface area (Å²) in [6, 6.07) is 16.5. The molecule has 4 rings (SSSR count). The second kappa shape index (κ2) is 4.17. The van der Waals surface area contributed by atoms with Crippen LogP contribution in [-0.2, 0) is 0 Å². The monoisotopic (exact) mass is 262 g/mol. The lowest BCUT2D eigenvalue weighted by Gasteiger charge is -2.09. The minimum absolute atomic E-state index is 0.0436. The molecule has 2 N–H and O–H groups in total. The van der Waals surface area contributed by atoms with Crippen molar-refractivity contribution in [1.82, 2.24) is 0 Å². The Morgan fingerprint density at radius 1 is 0.750 bits per heavy atom. The molecular formula is C18H14O2. The van der Waals surface area contributed by atoms with Crippen molar-refractivity contribution in [3.05, 3.63) is 59.7 Å². The van der Waals surface area contributed by atoms with Crippen LogP contribution in [0.1, 0.15) is 11.1 Å². The Hall–Kier alpha value is -2.16. The molecule has 2 nitrogen and oxygen atoms in total. The van der Waals surface area contributed by atoms with E-state index in [0.29, 0.717) is 0 Å². The van der Waals surface area contributed by atoms with E-state index in [-0.39, 0.29) is 13.2 Å². The molecule has 0 aromatic heterocycles. The number of hydrogen-bond acceptors (Lipinski definition) is 2. The van der Waals surface area contributed by atoms with E-state index in [1.165, 1.54) is 0 Å². The number of benzene rings is 3. The van der Waals surface area contributed by atoms with Crippen molar-refractivity contribution in [2.24, 2.45) is 0 Å². The zero-order chi connectivity index (χ0) is 13.7. The van der Waals surface area contributed by atoms with Gasteiger partial charge in [-0.2, -0.15) is 0 Å². The van der Waals surface area contributed by atoms with Crippen molar-refractivity contribution in [2.45, 2.75) is 0 Å². The van der Waals surface area contributed by atoms with Gasteiger partial charge in [-0.1, -0.05) is 42.5 Å². The van der Waals surface area contributed by atoms with Gasteiger partial charge < -0.3 is 10.2 Å². The summed E-state index contributed by atoms with van der Waals surface area (Å²) >= 11 is 0. The second-order valence-electron chi connectivity index (χ2n) is 5.15. The number of fused-ring (bicyclic) bond motifs is 2. The van der Waals surface area contributed by atoms with E-state index in [1.54, 1.807) is 0 Å². The van der Waals surface area contributed by atoms with Crippen LogP contribution in [0.5, 0.6) is 0 Å². The highest BCUT2D eigenvalue weighted by atomic mass is 16.3. The fourth-order valence-corrected chi connectivity index (χ4v) is 3.36. The molecule has 0 unspecified atom stereocenters. The van der Waals surface area contributed by atoms with Crippen molar-refractivity contribution in [1.29, 1.82) is 0 Å². The molecule has 1 aliphatic rings. The van der Waals surface area contributed by atoms with Crippen LogP contribution in [-0.4, -0.2) is 23.4 Å². The molecular weight excluding hydrogens is 248 g/mol. The number of aliphatic hydroxyl groups is 2. The molecule has 0 saturated heterocycles. The smallest absolute Gasteiger partial charge is 0.0691 e. The molecule has 0 radical (unpaired) electrons. The molecule has 0 atom stereocenters. The first kappa shape index (κ1) is 11.6. The van der Waals surface area contributed by atoms with Gasteiger partial charge in [0.25, 0.3) is 0 Å². The normalized spacial score (nSPS) is 13.7. The van der Waals surface area contributed by atoms with Crippen LogP contribution in [0, 0.1) is 0 Å². The van der Waals surface area contributed by atoms with Crippen molar-refractivity contribution in [3.8, 4) is 0 Å². The minimum atomic E-state index is -0.0479. The van der Waals surface area contributed by atoms with E-state index in [0.717, 1.165) is 43.8 Å². The zero-order valence-corrected chi connectivity index (χ0v) is 10.9. The predicted molar refractivity (Wildman–Crippen MR) is 82.4 cm³/mol. The van der Waals surface area contributed by atoms with Gasteiger partial charge in [0, 0.05) is 0 Å². The number of hydrogen-bond donors (Lipinski definition) is 2. The summed E-state index contributed by atoms with van der Waals surface area (Å²) in [5, 5.41) is 24.1. The Labute approximate surface area is 116 Å². The highest BCUT2D eigenvalue weighted by molar-refractivity contribution is 6.21. The SMILES string of the molecule is OCC1=C(CO)c2c3ccccc3cc3cccc1c23. The van der Waals surface area contributed by atoms with Gasteiger partial charge in [-0.15, -0.1) is 0 Å². The molecule has 20 heavy (non-hydrogen) atoms. The lowest BCUT2D eigenvalue weighted by Crippen LogP contribution is -1.94. The van der Waals surface area contributed by atoms with Crippen molar-refractivity contribution in [2.75, 3.05) is 13.2 Å². The van der Waals surface area contributed by atoms with E-state index >= 15 is 0 Å². The maximum absolute atomic E-state index is 9.78. The Bertz CT molecular complexity index is 875. The number of aliphatic hydroxyl groups excluding tert-OH is 2. The molecule has 0 heterocycles. The van der Waals surface area contributed by atoms with E-state index in [4.69, 9.17) is 0 Å². The van der Waals surface area contributed by atoms with Crippen molar-refractivity contribution < 1.29 is 10.2 Å². The summed E-state index contributed by atoms with van der Waals surface area (Å²) < 4.78 is 0. The molecule has 0 bridgehead atoms. The van der Waals surface area contributed by atoms with Crippen LogP contribution in [0.25, 0.3) is 32.7 Å². The van der Waals surface area contributed by atoms with Gasteiger partial charge in [-0.3, -0.25) is 0 Å². The fourth-order valence-electron chi connectivity index (χ4n) is 3.36. The molecule has 0 spiro atoms. The van der Waals surface area contributed by atoms with Gasteiger partial charge in [0.2, 0.25) is 0 Å². The lowest BCUT2D eigenvalue weighted by molar-refractivity contribution is 0.341. The van der Waals surface area contributed by atoms with Crippen molar-refractivity contribution in [3.63, 3.8) is 0 Å². The van der Waals surface area contributed by atoms with Crippen LogP contribution in [0.4, 0.5) is 0 Å². The summed E-state index contributed by atoms with van der Waals surface area (Å²) in [5.41, 5.74) is 3.84. The third kappa shape index (κ3) is 1.35. The van der Waals surface area contributed by atoms with Gasteiger partial charge in [-0.05, 0) is 49.9 Å². The van der Waals surface area contributed by atoms with Crippen LogP contribution in [0.2, 0.25) is 0 Å². The summed E-state index contributed by atoms with van der Waals surface area (Å²) in [5.74, 6) is 0. The first-order valence-electron chi connectivity index (χ1n) is 6.74. The van der Waals surface area contributed by atoms with Crippen LogP contribution >= 0.6 is 0 Å². The third-order valence-corrected chi connectivity index (χ3v) is 4.20. The highest BCUT2D eigenvalue weighted by Gasteiger charge is 2.24. The maximum Gasteiger partial charge on any atom is 0.0691 e. The Morgan fingerprint density at radius 3 is 2.30 bits per heavy atom. The molecule has 98 valence electrons. The Morgan fingerprint density at radius 2 is 1.50 bits per heavy atom. The predicted octanol–water partition coefficient (Wildman–Crippen LogP) is 3.20. The molecule has 3 aromatic rings. The van der Waals surface area contributed by atoms with Gasteiger partial charge in [0.05, 0.1) is 13.2 Å². The maximum atomic E-state index is 9.78. The third-order valence-electron chi connectivity index (χ3n) is 4.20. The Balaban J connectivity index is 2.28. The first-order valence-corrected chi connectivity index (χ1v) is 6.74. The minimum Gasteiger partial charge on any atom is -0.392 e. The summed E-state index contributed by atoms with van der Waals surface area (Å²) in [6.07, 6.45) is 0. The molecule has 3 aromatic carbocycles. The van der Waals surface area contributed by atoms with Crippen molar-refractivity contribution >= 4 is 32.7 Å². The van der Waals surface area contributed by atoms with Gasteiger partial charge >= 0.3 is 0 Å². The van der Waals surface area contributed by atoms with Gasteiger partial charge in [0.1, 0.15) is 0 Å². The van der Waals surface area contributed by atoms with Crippen LogP contribution in [0.3, 0.4) is 0 Å². The fraction of sp³-hybridized carbons (Fsp3) is 0.111. The first-order chi connectivity index (χ1) is 9.85. The zero-order valence-electron chi connectivity index (χ0n) is 10.9. The number of rotatable bonds is 2.